The lowest BCUT2D eigenvalue weighted by Crippen LogP contribution is -2.22. The molecule has 4 aromatic rings. The first kappa shape index (κ1) is 26.8. The number of hydrogen-bond donors (Lipinski definition) is 3. The Kier molecular flexibility index (Phi) is 7.30. The van der Waals surface area contributed by atoms with E-state index in [0.29, 0.717) is 11.4 Å². The Morgan fingerprint density at radius 2 is 1.77 bits per heavy atom. The number of nitrogen functional groups attached to an aromatic ring is 1. The zero-order valence-electron chi connectivity index (χ0n) is 21.4. The molecule has 13 heteroatoms. The van der Waals surface area contributed by atoms with Crippen molar-refractivity contribution in [2.45, 2.75) is 26.2 Å². The van der Waals surface area contributed by atoms with Gasteiger partial charge in [0.15, 0.2) is 11.4 Å². The van der Waals surface area contributed by atoms with Crippen LogP contribution in [-0.4, -0.2) is 32.9 Å². The molecule has 2 heterocycles. The van der Waals surface area contributed by atoms with E-state index in [-0.39, 0.29) is 40.2 Å². The van der Waals surface area contributed by atoms with Crippen molar-refractivity contribution in [2.75, 3.05) is 23.5 Å². The summed E-state index contributed by atoms with van der Waals surface area (Å²) in [5.41, 5.74) is 5.62. The number of nitrogens with one attached hydrogen (secondary N) is 2. The third-order valence-electron chi connectivity index (χ3n) is 5.46. The summed E-state index contributed by atoms with van der Waals surface area (Å²) in [5.74, 6) is -1.18. The number of hydrogen-bond acceptors (Lipinski definition) is 8. The van der Waals surface area contributed by atoms with E-state index in [4.69, 9.17) is 15.2 Å². The summed E-state index contributed by atoms with van der Waals surface area (Å²) in [7, 11) is 1.42. The number of carbonyl (C=O) groups is 1. The highest BCUT2D eigenvalue weighted by Crippen LogP contribution is 2.30. The van der Waals surface area contributed by atoms with Gasteiger partial charge in [-0.25, -0.2) is 28.2 Å². The number of carbonyl (C=O) groups excluding carboxylic acids is 1. The quantitative estimate of drug-likeness (QED) is 0.307. The minimum absolute atomic E-state index is 0.0101. The van der Waals surface area contributed by atoms with Crippen molar-refractivity contribution in [3.05, 3.63) is 71.7 Å². The smallest absolute Gasteiger partial charge is 0.324 e. The van der Waals surface area contributed by atoms with Crippen molar-refractivity contribution in [1.82, 2.24) is 19.7 Å². The van der Waals surface area contributed by atoms with Crippen LogP contribution in [0.15, 0.2) is 48.8 Å². The number of urea groups is 1. The van der Waals surface area contributed by atoms with Gasteiger partial charge >= 0.3 is 6.03 Å². The molecule has 0 bridgehead atoms. The molecule has 39 heavy (non-hydrogen) atoms. The highest BCUT2D eigenvalue weighted by atomic mass is 19.1. The van der Waals surface area contributed by atoms with Gasteiger partial charge in [0.25, 0.3) is 0 Å². The largest absolute Gasteiger partial charge is 0.497 e. The molecule has 0 fully saturated rings. The maximum absolute atomic E-state index is 14.8. The molecule has 200 valence electrons. The highest BCUT2D eigenvalue weighted by Gasteiger charge is 2.23. The van der Waals surface area contributed by atoms with Gasteiger partial charge < -0.3 is 20.5 Å². The Morgan fingerprint density at radius 3 is 2.41 bits per heavy atom. The average molecular weight is 535 g/mol. The van der Waals surface area contributed by atoms with E-state index in [1.54, 1.807) is 12.1 Å². The zero-order valence-corrected chi connectivity index (χ0v) is 21.4. The Hall–Kier alpha value is -5.25. The van der Waals surface area contributed by atoms with Crippen LogP contribution in [0.2, 0.25) is 0 Å². The third kappa shape index (κ3) is 5.85. The highest BCUT2D eigenvalue weighted by molar-refractivity contribution is 5.99. The summed E-state index contributed by atoms with van der Waals surface area (Å²) >= 11 is 0. The fourth-order valence-electron chi connectivity index (χ4n) is 3.41. The topological polar surface area (TPSA) is 153 Å². The summed E-state index contributed by atoms with van der Waals surface area (Å²) in [6.45, 7) is 5.76. The molecule has 2 aromatic carbocycles. The van der Waals surface area contributed by atoms with Gasteiger partial charge in [0.05, 0.1) is 18.5 Å². The van der Waals surface area contributed by atoms with E-state index in [2.05, 4.69) is 25.7 Å². The lowest BCUT2D eigenvalue weighted by molar-refractivity contribution is 0.262. The van der Waals surface area contributed by atoms with Gasteiger partial charge in [0.2, 0.25) is 5.88 Å². The molecule has 0 aliphatic heterocycles. The normalized spacial score (nSPS) is 11.0. The van der Waals surface area contributed by atoms with Gasteiger partial charge in [-0.2, -0.15) is 10.4 Å². The van der Waals surface area contributed by atoms with E-state index in [1.807, 2.05) is 26.8 Å². The van der Waals surface area contributed by atoms with Crippen LogP contribution in [0.4, 0.5) is 30.9 Å². The van der Waals surface area contributed by atoms with Gasteiger partial charge in [0.1, 0.15) is 47.0 Å². The van der Waals surface area contributed by atoms with Crippen LogP contribution >= 0.6 is 0 Å². The van der Waals surface area contributed by atoms with E-state index < -0.39 is 23.1 Å². The molecule has 0 saturated carbocycles. The zero-order chi connectivity index (χ0) is 28.3. The van der Waals surface area contributed by atoms with Gasteiger partial charge in [-0.15, -0.1) is 0 Å². The van der Waals surface area contributed by atoms with Crippen LogP contribution in [0.5, 0.6) is 17.4 Å². The second-order valence-corrected chi connectivity index (χ2v) is 9.27. The van der Waals surface area contributed by atoms with E-state index >= 15 is 0 Å². The maximum atomic E-state index is 14.8. The molecule has 0 radical (unpaired) electrons. The van der Waals surface area contributed by atoms with Gasteiger partial charge in [-0.3, -0.25) is 5.32 Å². The van der Waals surface area contributed by atoms with Crippen molar-refractivity contribution >= 4 is 23.4 Å². The predicted octanol–water partition coefficient (Wildman–Crippen LogP) is 5.14. The van der Waals surface area contributed by atoms with Crippen LogP contribution in [0.25, 0.3) is 5.69 Å². The molecule has 2 amide bonds. The first-order valence-electron chi connectivity index (χ1n) is 11.5. The summed E-state index contributed by atoms with van der Waals surface area (Å²) in [6.07, 6.45) is 1.11. The van der Waals surface area contributed by atoms with Crippen LogP contribution in [-0.2, 0) is 5.41 Å². The minimum atomic E-state index is -0.826. The summed E-state index contributed by atoms with van der Waals surface area (Å²) in [6, 6.07) is 10.5. The Bertz CT molecular complexity index is 1590. The van der Waals surface area contributed by atoms with E-state index in [9.17, 15) is 18.8 Å². The number of methoxy groups -OCH3 is 1. The number of amides is 2. The van der Waals surface area contributed by atoms with Crippen molar-refractivity contribution in [2.24, 2.45) is 0 Å². The molecule has 0 atom stereocenters. The predicted molar refractivity (Wildman–Crippen MR) is 139 cm³/mol. The molecular formula is C26H24F2N8O3. The Labute approximate surface area is 222 Å². The fraction of sp³-hybridized carbons (Fsp3) is 0.192. The fourth-order valence-corrected chi connectivity index (χ4v) is 3.41. The molecule has 11 nitrogen and oxygen atoms in total. The number of ether oxygens (including phenoxy) is 2. The molecule has 0 unspecified atom stereocenters. The van der Waals surface area contributed by atoms with Crippen molar-refractivity contribution in [3.8, 4) is 29.1 Å². The number of nitriles is 1. The van der Waals surface area contributed by atoms with Crippen molar-refractivity contribution in [1.29, 1.82) is 5.26 Å². The maximum Gasteiger partial charge on any atom is 0.324 e. The lowest BCUT2D eigenvalue weighted by Gasteiger charge is -2.14. The second-order valence-electron chi connectivity index (χ2n) is 9.27. The Balaban J connectivity index is 1.56. The second kappa shape index (κ2) is 10.6. The average Bonchev–Trinajstić information content (AvgIpc) is 3.29. The van der Waals surface area contributed by atoms with Crippen LogP contribution in [0, 0.1) is 23.0 Å². The van der Waals surface area contributed by atoms with Gasteiger partial charge in [-0.1, -0.05) is 20.8 Å². The third-order valence-corrected chi connectivity index (χ3v) is 5.46. The van der Waals surface area contributed by atoms with Crippen molar-refractivity contribution < 1.29 is 23.0 Å². The first-order valence-corrected chi connectivity index (χ1v) is 11.5. The molecule has 4 rings (SSSR count). The molecule has 4 N–H and O–H groups in total. The molecule has 0 aliphatic carbocycles. The van der Waals surface area contributed by atoms with Crippen molar-refractivity contribution in [3.63, 3.8) is 0 Å². The number of benzene rings is 2. The SMILES string of the molecule is COc1ccc(-n2nc(C(C)(C)C)cc2NC(=O)Nc2ccc(Oc3ncnc(N)c3C#N)cc2F)c(F)c1. The molecular weight excluding hydrogens is 510 g/mol. The number of anilines is 3. The summed E-state index contributed by atoms with van der Waals surface area (Å²) < 4.78 is 41.4. The first-order chi connectivity index (χ1) is 18.5. The number of aromatic nitrogens is 4. The molecule has 0 spiro atoms. The van der Waals surface area contributed by atoms with Gasteiger partial charge in [0, 0.05) is 23.6 Å². The number of rotatable bonds is 6. The van der Waals surface area contributed by atoms with Crippen LogP contribution < -0.4 is 25.8 Å². The van der Waals surface area contributed by atoms with Crippen LogP contribution in [0.3, 0.4) is 0 Å². The van der Waals surface area contributed by atoms with E-state index in [1.165, 1.54) is 36.1 Å². The lowest BCUT2D eigenvalue weighted by atomic mass is 9.92. The monoisotopic (exact) mass is 534 g/mol. The molecule has 2 aromatic heterocycles. The number of nitrogens with zero attached hydrogens (tertiary/aromatic N) is 5. The summed E-state index contributed by atoms with van der Waals surface area (Å²) in [4.78, 5) is 20.4. The Morgan fingerprint density at radius 1 is 1.05 bits per heavy atom. The number of halogens is 2. The van der Waals surface area contributed by atoms with Gasteiger partial charge in [-0.05, 0) is 24.3 Å². The summed E-state index contributed by atoms with van der Waals surface area (Å²) in [5, 5.41) is 18.7. The van der Waals surface area contributed by atoms with E-state index in [0.717, 1.165) is 12.4 Å². The molecule has 0 saturated heterocycles. The standard InChI is InChI=1S/C26H24F2N8O3/c1-26(2,3)21-11-22(36(35-21)20-8-6-14(38-4)9-18(20)28)34-25(37)33-19-7-5-15(10-17(19)27)39-24-16(12-29)23(30)31-13-32-24/h5-11,13H,1-4H3,(H2,30,31,32)(H2,33,34,37). The van der Waals surface area contributed by atoms with Crippen LogP contribution in [0.1, 0.15) is 32.0 Å². The minimum Gasteiger partial charge on any atom is -0.497 e. The molecule has 0 aliphatic rings. The number of nitrogens with two attached hydrogens (primary N) is 1.